The lowest BCUT2D eigenvalue weighted by Gasteiger charge is -2.06. The predicted octanol–water partition coefficient (Wildman–Crippen LogP) is 4.11. The second-order valence-electron chi connectivity index (χ2n) is 3.29. The van der Waals surface area contributed by atoms with Gasteiger partial charge in [0, 0.05) is 0 Å². The molecule has 15 heavy (non-hydrogen) atoms. The van der Waals surface area contributed by atoms with Crippen molar-refractivity contribution >= 4 is 0 Å². The minimum Gasteiger partial charge on any atom is -0.458 e. The van der Waals surface area contributed by atoms with E-state index in [0.717, 1.165) is 17.9 Å². The molecule has 0 atom stereocenters. The van der Waals surface area contributed by atoms with Crippen LogP contribution in [0.1, 0.15) is 26.3 Å². The third kappa shape index (κ3) is 3.62. The van der Waals surface area contributed by atoms with Crippen LogP contribution < -0.4 is 4.74 Å². The van der Waals surface area contributed by atoms with Crippen molar-refractivity contribution in [3.63, 3.8) is 0 Å². The lowest BCUT2D eigenvalue weighted by molar-refractivity contribution is 0.443. The summed E-state index contributed by atoms with van der Waals surface area (Å²) < 4.78 is 5.68. The highest BCUT2D eigenvalue weighted by Crippen LogP contribution is 2.16. The molecule has 0 aromatic heterocycles. The van der Waals surface area contributed by atoms with Crippen molar-refractivity contribution in [3.8, 4) is 5.75 Å². The Kier molecular flexibility index (Phi) is 4.69. The normalized spacial score (nSPS) is 12.1. The van der Waals surface area contributed by atoms with Gasteiger partial charge >= 0.3 is 0 Å². The second kappa shape index (κ2) is 6.07. The lowest BCUT2D eigenvalue weighted by Crippen LogP contribution is -1.91. The van der Waals surface area contributed by atoms with E-state index in [1.807, 2.05) is 44.2 Å². The van der Waals surface area contributed by atoms with Gasteiger partial charge in [-0.2, -0.15) is 0 Å². The Bertz CT molecular complexity index is 344. The molecular formula is C14H18O. The Balaban J connectivity index is 2.72. The fourth-order valence-corrected chi connectivity index (χ4v) is 1.28. The average Bonchev–Trinajstić information content (AvgIpc) is 2.29. The number of aryl methyl sites for hydroxylation is 1. The number of hydrogen-bond acceptors (Lipinski definition) is 1. The summed E-state index contributed by atoms with van der Waals surface area (Å²) in [5.74, 6) is 1.76. The first-order valence-corrected chi connectivity index (χ1v) is 5.36. The molecule has 1 heteroatoms. The minimum absolute atomic E-state index is 0.877. The van der Waals surface area contributed by atoms with Gasteiger partial charge in [0.05, 0.1) is 0 Å². The third-order valence-electron chi connectivity index (χ3n) is 2.18. The summed E-state index contributed by atoms with van der Waals surface area (Å²) in [7, 11) is 0. The van der Waals surface area contributed by atoms with Crippen LogP contribution in [0.15, 0.2) is 48.3 Å². The van der Waals surface area contributed by atoms with Crippen LogP contribution in [0.2, 0.25) is 0 Å². The SMILES string of the molecule is C/C=C\C(=C/C)Oc1ccc(CC)cc1. The van der Waals surface area contributed by atoms with Crippen molar-refractivity contribution < 1.29 is 4.74 Å². The van der Waals surface area contributed by atoms with Gasteiger partial charge in [0.1, 0.15) is 11.5 Å². The summed E-state index contributed by atoms with van der Waals surface area (Å²) >= 11 is 0. The molecule has 0 heterocycles. The minimum atomic E-state index is 0.877. The van der Waals surface area contributed by atoms with Crippen molar-refractivity contribution in [3.05, 3.63) is 53.8 Å². The van der Waals surface area contributed by atoms with Gasteiger partial charge in [-0.1, -0.05) is 25.1 Å². The molecule has 0 radical (unpaired) electrons. The highest BCUT2D eigenvalue weighted by molar-refractivity contribution is 5.30. The molecule has 0 amide bonds. The molecule has 80 valence electrons. The van der Waals surface area contributed by atoms with Crippen molar-refractivity contribution in [2.24, 2.45) is 0 Å². The molecule has 0 unspecified atom stereocenters. The van der Waals surface area contributed by atoms with E-state index in [-0.39, 0.29) is 0 Å². The number of rotatable bonds is 4. The molecule has 1 nitrogen and oxygen atoms in total. The van der Waals surface area contributed by atoms with Gasteiger partial charge in [0.25, 0.3) is 0 Å². The monoisotopic (exact) mass is 202 g/mol. The molecule has 0 aliphatic rings. The number of hydrogen-bond donors (Lipinski definition) is 0. The quantitative estimate of drug-likeness (QED) is 0.527. The summed E-state index contributed by atoms with van der Waals surface area (Å²) in [6.07, 6.45) is 6.93. The molecule has 0 spiro atoms. The number of allylic oxidation sites excluding steroid dienone is 3. The Hall–Kier alpha value is -1.50. The van der Waals surface area contributed by atoms with Crippen LogP contribution in [-0.4, -0.2) is 0 Å². The highest BCUT2D eigenvalue weighted by Gasteiger charge is 1.96. The molecular weight excluding hydrogens is 184 g/mol. The molecule has 0 N–H and O–H groups in total. The largest absolute Gasteiger partial charge is 0.458 e. The molecule has 0 fully saturated rings. The van der Waals surface area contributed by atoms with E-state index in [2.05, 4.69) is 19.1 Å². The first-order chi connectivity index (χ1) is 7.30. The standard InChI is InChI=1S/C14H18O/c1-4-7-13(6-3)15-14-10-8-12(5-2)9-11-14/h4,6-11H,5H2,1-3H3/b7-4-,13-6+. The number of benzene rings is 1. The lowest BCUT2D eigenvalue weighted by atomic mass is 10.2. The van der Waals surface area contributed by atoms with Gasteiger partial charge in [-0.05, 0) is 50.1 Å². The molecule has 0 aliphatic carbocycles. The maximum absolute atomic E-state index is 5.68. The van der Waals surface area contributed by atoms with Crippen LogP contribution in [0.25, 0.3) is 0 Å². The maximum Gasteiger partial charge on any atom is 0.127 e. The van der Waals surface area contributed by atoms with Gasteiger partial charge < -0.3 is 4.74 Å². The van der Waals surface area contributed by atoms with E-state index in [1.165, 1.54) is 5.56 Å². The van der Waals surface area contributed by atoms with Crippen molar-refractivity contribution in [2.75, 3.05) is 0 Å². The van der Waals surface area contributed by atoms with Crippen LogP contribution in [0, 0.1) is 0 Å². The van der Waals surface area contributed by atoms with Crippen LogP contribution in [0.4, 0.5) is 0 Å². The highest BCUT2D eigenvalue weighted by atomic mass is 16.5. The van der Waals surface area contributed by atoms with E-state index >= 15 is 0 Å². The molecule has 0 aliphatic heterocycles. The molecule has 0 saturated heterocycles. The zero-order chi connectivity index (χ0) is 11.1. The fourth-order valence-electron chi connectivity index (χ4n) is 1.28. The molecule has 1 aromatic carbocycles. The van der Waals surface area contributed by atoms with Crippen LogP contribution in [0.3, 0.4) is 0 Å². The van der Waals surface area contributed by atoms with Crippen LogP contribution in [0.5, 0.6) is 5.75 Å². The van der Waals surface area contributed by atoms with Crippen molar-refractivity contribution in [2.45, 2.75) is 27.2 Å². The summed E-state index contributed by atoms with van der Waals surface area (Å²) in [6.45, 7) is 6.09. The number of ether oxygens (including phenoxy) is 1. The molecule has 1 aromatic rings. The first-order valence-electron chi connectivity index (χ1n) is 5.36. The van der Waals surface area contributed by atoms with Gasteiger partial charge in [0.2, 0.25) is 0 Å². The average molecular weight is 202 g/mol. The molecule has 0 bridgehead atoms. The molecule has 1 rings (SSSR count). The Labute approximate surface area is 92.1 Å². The van der Waals surface area contributed by atoms with Crippen LogP contribution in [-0.2, 0) is 6.42 Å². The van der Waals surface area contributed by atoms with E-state index in [4.69, 9.17) is 4.74 Å². The second-order valence-corrected chi connectivity index (χ2v) is 3.29. The topological polar surface area (TPSA) is 9.23 Å². The maximum atomic E-state index is 5.68. The Morgan fingerprint density at radius 2 is 1.87 bits per heavy atom. The zero-order valence-electron chi connectivity index (χ0n) is 9.66. The van der Waals surface area contributed by atoms with Gasteiger partial charge in [-0.25, -0.2) is 0 Å². The van der Waals surface area contributed by atoms with Crippen molar-refractivity contribution in [1.82, 2.24) is 0 Å². The Morgan fingerprint density at radius 1 is 1.20 bits per heavy atom. The predicted molar refractivity (Wildman–Crippen MR) is 65.0 cm³/mol. The van der Waals surface area contributed by atoms with E-state index < -0.39 is 0 Å². The summed E-state index contributed by atoms with van der Waals surface area (Å²) in [4.78, 5) is 0. The third-order valence-corrected chi connectivity index (χ3v) is 2.18. The van der Waals surface area contributed by atoms with Gasteiger partial charge in [0.15, 0.2) is 0 Å². The van der Waals surface area contributed by atoms with E-state index in [1.54, 1.807) is 0 Å². The van der Waals surface area contributed by atoms with Crippen molar-refractivity contribution in [1.29, 1.82) is 0 Å². The summed E-state index contributed by atoms with van der Waals surface area (Å²) in [5, 5.41) is 0. The van der Waals surface area contributed by atoms with Gasteiger partial charge in [-0.3, -0.25) is 0 Å². The Morgan fingerprint density at radius 3 is 2.33 bits per heavy atom. The summed E-state index contributed by atoms with van der Waals surface area (Å²) in [5.41, 5.74) is 1.33. The van der Waals surface area contributed by atoms with E-state index in [0.29, 0.717) is 0 Å². The van der Waals surface area contributed by atoms with E-state index in [9.17, 15) is 0 Å². The van der Waals surface area contributed by atoms with Gasteiger partial charge in [-0.15, -0.1) is 0 Å². The molecule has 0 saturated carbocycles. The first kappa shape index (κ1) is 11.6. The smallest absolute Gasteiger partial charge is 0.127 e. The fraction of sp³-hybridized carbons (Fsp3) is 0.286. The summed E-state index contributed by atoms with van der Waals surface area (Å²) in [6, 6.07) is 8.20. The van der Waals surface area contributed by atoms with Crippen LogP contribution >= 0.6 is 0 Å². The zero-order valence-corrected chi connectivity index (χ0v) is 9.66.